The van der Waals surface area contributed by atoms with Crippen LogP contribution in [0.15, 0.2) is 72.9 Å². The van der Waals surface area contributed by atoms with Gasteiger partial charge in [0.05, 0.1) is 25.4 Å². The lowest BCUT2D eigenvalue weighted by atomic mass is 9.99. The van der Waals surface area contributed by atoms with Crippen LogP contribution in [0.1, 0.15) is 252 Å². The number of amides is 1. The van der Waals surface area contributed by atoms with E-state index in [1.54, 1.807) is 6.08 Å². The van der Waals surface area contributed by atoms with E-state index in [-0.39, 0.29) is 19.4 Å². The molecule has 6 N–H and O–H groups in total. The molecule has 0 aromatic carbocycles. The Balaban J connectivity index is 2.72. The lowest BCUT2D eigenvalue weighted by Crippen LogP contribution is -2.61. The second-order valence-electron chi connectivity index (χ2n) is 20.8. The number of esters is 1. The van der Waals surface area contributed by atoms with Crippen LogP contribution >= 0.6 is 0 Å². The predicted octanol–water partition coefficient (Wildman–Crippen LogP) is 14.0. The van der Waals surface area contributed by atoms with Gasteiger partial charge < -0.3 is 45.1 Å². The van der Waals surface area contributed by atoms with Crippen LogP contribution in [0.5, 0.6) is 0 Å². The number of aliphatic hydroxyl groups is 5. The van der Waals surface area contributed by atoms with Crippen molar-refractivity contribution in [3.05, 3.63) is 72.9 Å². The Bertz CT molecular complexity index is 1480. The smallest absolute Gasteiger partial charge is 0.306 e. The molecule has 0 spiro atoms. The van der Waals surface area contributed by atoms with E-state index in [0.717, 1.165) is 64.2 Å². The summed E-state index contributed by atoms with van der Waals surface area (Å²) in [5, 5.41) is 56.9. The second-order valence-corrected chi connectivity index (χ2v) is 20.8. The fourth-order valence-corrected chi connectivity index (χ4v) is 9.20. The Hall–Kier alpha value is -2.90. The molecule has 0 aromatic heterocycles. The number of carbonyl (C=O) groups is 2. The van der Waals surface area contributed by atoms with Crippen LogP contribution in [0.25, 0.3) is 0 Å². The standard InChI is InChI=1S/C63H111NO10/c1-4-7-10-13-16-19-22-25-27-28-29-31-32-35-38-41-44-47-50-56(67)62(71)64-54(55(66)49-46-43-40-37-34-24-21-18-15-12-9-6-3)53-72-63-61(60(70)59(69)57(52-65)73-63)74-58(68)51-48-45-42-39-36-33-30-26-23-20-17-14-11-8-5-2/h8,11,14,17,20,23,26,30,33,36,46,49,54-57,59-61,63,65-67,69-70H,4-7,9-10,12-13,15-16,18-19,21-22,24-25,27-29,31-32,34-35,37-45,47-48,50-53H2,1-3H3,(H,64,71)/b11-8+,17-14+,23-20-,30-26-,36-33+,49-46+. The van der Waals surface area contributed by atoms with Crippen LogP contribution in [-0.2, 0) is 23.8 Å². The molecule has 1 aliphatic rings. The lowest BCUT2D eigenvalue weighted by Gasteiger charge is -2.41. The van der Waals surface area contributed by atoms with Gasteiger partial charge in [-0.25, -0.2) is 0 Å². The summed E-state index contributed by atoms with van der Waals surface area (Å²) in [4.78, 5) is 26.5. The van der Waals surface area contributed by atoms with Crippen molar-refractivity contribution in [1.29, 1.82) is 0 Å². The summed E-state index contributed by atoms with van der Waals surface area (Å²) in [6.07, 6.45) is 53.7. The Morgan fingerprint density at radius 2 is 0.973 bits per heavy atom. The zero-order valence-corrected chi connectivity index (χ0v) is 47.2. The normalized spacial score (nSPS) is 19.8. The molecule has 74 heavy (non-hydrogen) atoms. The maximum absolute atomic E-state index is 13.4. The molecule has 0 aliphatic carbocycles. The first kappa shape index (κ1) is 69.1. The quantitative estimate of drug-likeness (QED) is 0.0149. The van der Waals surface area contributed by atoms with Gasteiger partial charge in [0.2, 0.25) is 5.91 Å². The number of nitrogens with one attached hydrogen (secondary N) is 1. The number of unbranched alkanes of at least 4 members (excludes halogenated alkanes) is 30. The third kappa shape index (κ3) is 38.6. The third-order valence-electron chi connectivity index (χ3n) is 14.0. The number of hydrogen-bond acceptors (Lipinski definition) is 10. The van der Waals surface area contributed by atoms with Crippen LogP contribution < -0.4 is 5.32 Å². The van der Waals surface area contributed by atoms with E-state index in [2.05, 4.69) is 38.2 Å². The number of rotatable bonds is 50. The summed E-state index contributed by atoms with van der Waals surface area (Å²) in [5.41, 5.74) is 0. The summed E-state index contributed by atoms with van der Waals surface area (Å²) in [6.45, 7) is 5.62. The van der Waals surface area contributed by atoms with Gasteiger partial charge in [-0.05, 0) is 44.9 Å². The summed E-state index contributed by atoms with van der Waals surface area (Å²) < 4.78 is 17.5. The van der Waals surface area contributed by atoms with E-state index in [1.807, 2.05) is 54.7 Å². The van der Waals surface area contributed by atoms with E-state index in [0.29, 0.717) is 12.8 Å². The number of ether oxygens (including phenoxy) is 3. The van der Waals surface area contributed by atoms with Gasteiger partial charge in [0.1, 0.15) is 24.4 Å². The summed E-state index contributed by atoms with van der Waals surface area (Å²) >= 11 is 0. The Kier molecular flexibility index (Phi) is 47.5. The Morgan fingerprint density at radius 1 is 0.541 bits per heavy atom. The SMILES string of the molecule is CC/C=C/C=C/C=C\C=C/C=C/CCCCCC(=O)OC1C(OCC(NC(=O)C(O)CCCCCCCCCCCCCCCCCCCC)C(O)/C=C/CCCCCCCCCCCC)OC(CO)C(O)C1O. The zero-order valence-electron chi connectivity index (χ0n) is 47.2. The van der Waals surface area contributed by atoms with Crippen molar-refractivity contribution < 1.29 is 49.3 Å². The number of hydrogen-bond donors (Lipinski definition) is 6. The van der Waals surface area contributed by atoms with Crippen molar-refractivity contribution in [1.82, 2.24) is 5.32 Å². The van der Waals surface area contributed by atoms with Crippen LogP contribution in [0.3, 0.4) is 0 Å². The van der Waals surface area contributed by atoms with E-state index in [1.165, 1.54) is 141 Å². The highest BCUT2D eigenvalue weighted by Crippen LogP contribution is 2.26. The predicted molar refractivity (Wildman–Crippen MR) is 306 cm³/mol. The second kappa shape index (κ2) is 50.9. The summed E-state index contributed by atoms with van der Waals surface area (Å²) in [6, 6.07) is -1.03. The first-order chi connectivity index (χ1) is 36.2. The molecule has 428 valence electrons. The van der Waals surface area contributed by atoms with Gasteiger partial charge in [-0.1, -0.05) is 273 Å². The third-order valence-corrected chi connectivity index (χ3v) is 14.0. The van der Waals surface area contributed by atoms with Crippen molar-refractivity contribution >= 4 is 11.9 Å². The minimum absolute atomic E-state index is 0.0729. The van der Waals surface area contributed by atoms with Gasteiger partial charge >= 0.3 is 5.97 Å². The number of carbonyl (C=O) groups excluding carboxylic acids is 2. The van der Waals surface area contributed by atoms with Gasteiger partial charge in [0.25, 0.3) is 0 Å². The molecule has 0 bridgehead atoms. The maximum Gasteiger partial charge on any atom is 0.306 e. The summed E-state index contributed by atoms with van der Waals surface area (Å²) in [7, 11) is 0. The number of allylic oxidation sites excluding steroid dienone is 11. The van der Waals surface area contributed by atoms with Crippen LogP contribution in [0.2, 0.25) is 0 Å². The van der Waals surface area contributed by atoms with Crippen molar-refractivity contribution in [2.45, 2.75) is 301 Å². The van der Waals surface area contributed by atoms with Crippen LogP contribution in [0.4, 0.5) is 0 Å². The molecule has 0 saturated carbocycles. The molecule has 0 radical (unpaired) electrons. The molecule has 1 saturated heterocycles. The lowest BCUT2D eigenvalue weighted by molar-refractivity contribution is -0.305. The zero-order chi connectivity index (χ0) is 54.0. The molecule has 11 heteroatoms. The van der Waals surface area contributed by atoms with Crippen molar-refractivity contribution in [3.8, 4) is 0 Å². The van der Waals surface area contributed by atoms with E-state index >= 15 is 0 Å². The molecule has 0 aromatic rings. The Labute approximate surface area is 451 Å². The van der Waals surface area contributed by atoms with Crippen molar-refractivity contribution in [2.75, 3.05) is 13.2 Å². The average molecular weight is 1040 g/mol. The molecule has 1 rings (SSSR count). The fourth-order valence-electron chi connectivity index (χ4n) is 9.20. The molecule has 1 fully saturated rings. The van der Waals surface area contributed by atoms with Crippen LogP contribution in [-0.4, -0.2) is 99.6 Å². The topological polar surface area (TPSA) is 175 Å². The molecule has 11 nitrogen and oxygen atoms in total. The van der Waals surface area contributed by atoms with Crippen LogP contribution in [0, 0.1) is 0 Å². The molecule has 1 heterocycles. The first-order valence-electron chi connectivity index (χ1n) is 30.3. The summed E-state index contributed by atoms with van der Waals surface area (Å²) in [5.74, 6) is -1.24. The molecular formula is C63H111NO10. The molecule has 8 atom stereocenters. The monoisotopic (exact) mass is 1040 g/mol. The molecular weight excluding hydrogens is 931 g/mol. The molecule has 1 aliphatic heterocycles. The number of aliphatic hydroxyl groups excluding tert-OH is 5. The highest BCUT2D eigenvalue weighted by molar-refractivity contribution is 5.80. The first-order valence-corrected chi connectivity index (χ1v) is 30.3. The van der Waals surface area contributed by atoms with E-state index in [4.69, 9.17) is 14.2 Å². The van der Waals surface area contributed by atoms with Gasteiger partial charge in [0, 0.05) is 6.42 Å². The van der Waals surface area contributed by atoms with Gasteiger partial charge in [-0.3, -0.25) is 9.59 Å². The molecule has 8 unspecified atom stereocenters. The van der Waals surface area contributed by atoms with Crippen molar-refractivity contribution in [3.63, 3.8) is 0 Å². The Morgan fingerprint density at radius 3 is 1.46 bits per heavy atom. The van der Waals surface area contributed by atoms with Gasteiger partial charge in [-0.15, -0.1) is 0 Å². The van der Waals surface area contributed by atoms with E-state index in [9.17, 15) is 35.1 Å². The minimum atomic E-state index is -1.63. The fraction of sp³-hybridized carbons (Fsp3) is 0.778. The van der Waals surface area contributed by atoms with Gasteiger partial charge in [0.15, 0.2) is 12.4 Å². The van der Waals surface area contributed by atoms with E-state index < -0.39 is 67.4 Å². The minimum Gasteiger partial charge on any atom is -0.454 e. The maximum atomic E-state index is 13.4. The van der Waals surface area contributed by atoms with Gasteiger partial charge in [-0.2, -0.15) is 0 Å². The molecule has 1 amide bonds. The highest BCUT2D eigenvalue weighted by atomic mass is 16.7. The van der Waals surface area contributed by atoms with Crippen molar-refractivity contribution in [2.24, 2.45) is 0 Å². The largest absolute Gasteiger partial charge is 0.454 e. The average Bonchev–Trinajstić information content (AvgIpc) is 3.40. The highest BCUT2D eigenvalue weighted by Gasteiger charge is 2.47.